The number of halogens is 2. The lowest BCUT2D eigenvalue weighted by Gasteiger charge is -2.14. The van der Waals surface area contributed by atoms with Gasteiger partial charge in [-0.05, 0) is 42.3 Å². The molecule has 0 aliphatic rings. The summed E-state index contributed by atoms with van der Waals surface area (Å²) in [5.41, 5.74) is 1.93. The van der Waals surface area contributed by atoms with E-state index in [1.54, 1.807) is 12.1 Å². The van der Waals surface area contributed by atoms with Crippen molar-refractivity contribution in [3.05, 3.63) is 70.5 Å². The van der Waals surface area contributed by atoms with Crippen LogP contribution in [0.2, 0.25) is 5.02 Å². The zero-order valence-corrected chi connectivity index (χ0v) is 13.0. The van der Waals surface area contributed by atoms with Crippen LogP contribution in [0, 0.1) is 5.82 Å². The molecule has 2 aromatic carbocycles. The Hall–Kier alpha value is -1.91. The summed E-state index contributed by atoms with van der Waals surface area (Å²) in [5.74, 6) is -0.390. The highest BCUT2D eigenvalue weighted by atomic mass is 35.5. The van der Waals surface area contributed by atoms with E-state index < -0.39 is 0 Å². The predicted octanol–water partition coefficient (Wildman–Crippen LogP) is 3.45. The average Bonchev–Trinajstić information content (AvgIpc) is 2.52. The topological polar surface area (TPSA) is 41.1 Å². The Balaban J connectivity index is 1.75. The van der Waals surface area contributed by atoms with Crippen molar-refractivity contribution in [3.63, 3.8) is 0 Å². The first-order valence-electron chi connectivity index (χ1n) is 7.04. The second kappa shape index (κ2) is 7.92. The summed E-state index contributed by atoms with van der Waals surface area (Å²) in [6.07, 6.45) is 0. The van der Waals surface area contributed by atoms with Gasteiger partial charge < -0.3 is 10.6 Å². The van der Waals surface area contributed by atoms with Gasteiger partial charge in [-0.15, -0.1) is 0 Å². The van der Waals surface area contributed by atoms with Gasteiger partial charge in [0.2, 0.25) is 5.91 Å². The number of hydrogen-bond acceptors (Lipinski definition) is 2. The Morgan fingerprint density at radius 3 is 2.41 bits per heavy atom. The highest BCUT2D eigenvalue weighted by Crippen LogP contribution is 2.15. The van der Waals surface area contributed by atoms with Crippen LogP contribution in [0.3, 0.4) is 0 Å². The van der Waals surface area contributed by atoms with Gasteiger partial charge in [0.05, 0.1) is 6.54 Å². The number of rotatable bonds is 6. The second-order valence-corrected chi connectivity index (χ2v) is 5.49. The molecule has 0 heterocycles. The quantitative estimate of drug-likeness (QED) is 0.856. The van der Waals surface area contributed by atoms with Crippen molar-refractivity contribution < 1.29 is 9.18 Å². The molecule has 1 atom stereocenters. The van der Waals surface area contributed by atoms with E-state index in [1.165, 1.54) is 12.1 Å². The molecular weight excluding hydrogens is 303 g/mol. The van der Waals surface area contributed by atoms with Crippen LogP contribution in [0.1, 0.15) is 24.1 Å². The molecule has 2 rings (SSSR count). The van der Waals surface area contributed by atoms with Crippen LogP contribution in [0.15, 0.2) is 48.5 Å². The largest absolute Gasteiger partial charge is 0.351 e. The van der Waals surface area contributed by atoms with E-state index in [-0.39, 0.29) is 24.3 Å². The molecule has 0 unspecified atom stereocenters. The lowest BCUT2D eigenvalue weighted by atomic mass is 10.1. The standard InChI is InChI=1S/C17H18ClFN2O/c1-12(14-4-6-15(18)7-5-14)20-11-17(22)21-10-13-2-8-16(19)9-3-13/h2-9,12,20H,10-11H2,1H3,(H,21,22)/t12-/m1/s1. The summed E-state index contributed by atoms with van der Waals surface area (Å²) in [6.45, 7) is 2.58. The number of carbonyl (C=O) groups excluding carboxylic acids is 1. The fourth-order valence-corrected chi connectivity index (χ4v) is 2.11. The Labute approximate surface area is 134 Å². The number of carbonyl (C=O) groups is 1. The lowest BCUT2D eigenvalue weighted by molar-refractivity contribution is -0.120. The molecule has 0 aliphatic heterocycles. The van der Waals surface area contributed by atoms with E-state index in [1.807, 2.05) is 31.2 Å². The summed E-state index contributed by atoms with van der Waals surface area (Å²) in [7, 11) is 0. The smallest absolute Gasteiger partial charge is 0.234 e. The summed E-state index contributed by atoms with van der Waals surface area (Å²) in [4.78, 5) is 11.8. The van der Waals surface area contributed by atoms with Gasteiger partial charge in [0.25, 0.3) is 0 Å². The molecule has 2 N–H and O–H groups in total. The molecular formula is C17H18ClFN2O. The molecule has 116 valence electrons. The normalized spacial score (nSPS) is 12.0. The van der Waals surface area contributed by atoms with Gasteiger partial charge in [-0.2, -0.15) is 0 Å². The summed E-state index contributed by atoms with van der Waals surface area (Å²) < 4.78 is 12.8. The monoisotopic (exact) mass is 320 g/mol. The maximum Gasteiger partial charge on any atom is 0.234 e. The minimum atomic E-state index is -0.284. The van der Waals surface area contributed by atoms with Crippen LogP contribution < -0.4 is 10.6 Å². The fourth-order valence-electron chi connectivity index (χ4n) is 1.98. The maximum absolute atomic E-state index is 12.8. The number of hydrogen-bond donors (Lipinski definition) is 2. The van der Waals surface area contributed by atoms with Crippen molar-refractivity contribution in [2.45, 2.75) is 19.5 Å². The molecule has 3 nitrogen and oxygen atoms in total. The molecule has 0 aromatic heterocycles. The second-order valence-electron chi connectivity index (χ2n) is 5.06. The fraction of sp³-hybridized carbons (Fsp3) is 0.235. The lowest BCUT2D eigenvalue weighted by Crippen LogP contribution is -2.34. The van der Waals surface area contributed by atoms with E-state index in [0.29, 0.717) is 11.6 Å². The van der Waals surface area contributed by atoms with E-state index >= 15 is 0 Å². The zero-order chi connectivity index (χ0) is 15.9. The first-order valence-corrected chi connectivity index (χ1v) is 7.42. The van der Waals surface area contributed by atoms with Gasteiger partial charge in [0.1, 0.15) is 5.82 Å². The molecule has 0 fully saturated rings. The summed E-state index contributed by atoms with van der Waals surface area (Å²) in [5, 5.41) is 6.63. The third kappa shape index (κ3) is 5.13. The van der Waals surface area contributed by atoms with Crippen molar-refractivity contribution in [1.82, 2.24) is 10.6 Å². The predicted molar refractivity (Wildman–Crippen MR) is 86.1 cm³/mol. The van der Waals surface area contributed by atoms with E-state index in [4.69, 9.17) is 11.6 Å². The number of nitrogens with one attached hydrogen (secondary N) is 2. The van der Waals surface area contributed by atoms with Gasteiger partial charge in [-0.3, -0.25) is 4.79 Å². The zero-order valence-electron chi connectivity index (χ0n) is 12.3. The molecule has 0 aliphatic carbocycles. The van der Waals surface area contributed by atoms with Crippen LogP contribution >= 0.6 is 11.6 Å². The van der Waals surface area contributed by atoms with Crippen LogP contribution in [0.5, 0.6) is 0 Å². The van der Waals surface area contributed by atoms with Gasteiger partial charge in [-0.1, -0.05) is 35.9 Å². The Kier molecular flexibility index (Phi) is 5.92. The van der Waals surface area contributed by atoms with Gasteiger partial charge >= 0.3 is 0 Å². The van der Waals surface area contributed by atoms with E-state index in [9.17, 15) is 9.18 Å². The summed E-state index contributed by atoms with van der Waals surface area (Å²) in [6, 6.07) is 13.6. The summed E-state index contributed by atoms with van der Waals surface area (Å²) >= 11 is 5.85. The molecule has 22 heavy (non-hydrogen) atoms. The van der Waals surface area contributed by atoms with Crippen molar-refractivity contribution in [2.24, 2.45) is 0 Å². The van der Waals surface area contributed by atoms with Crippen LogP contribution in [0.25, 0.3) is 0 Å². The van der Waals surface area contributed by atoms with Gasteiger partial charge in [-0.25, -0.2) is 4.39 Å². The van der Waals surface area contributed by atoms with Crippen LogP contribution in [-0.2, 0) is 11.3 Å². The highest BCUT2D eigenvalue weighted by molar-refractivity contribution is 6.30. The van der Waals surface area contributed by atoms with E-state index in [2.05, 4.69) is 10.6 Å². The molecule has 5 heteroatoms. The number of amides is 1. The first-order chi connectivity index (χ1) is 10.5. The van der Waals surface area contributed by atoms with Gasteiger partial charge in [0.15, 0.2) is 0 Å². The van der Waals surface area contributed by atoms with Crippen molar-refractivity contribution in [1.29, 1.82) is 0 Å². The minimum Gasteiger partial charge on any atom is -0.351 e. The van der Waals surface area contributed by atoms with Crippen LogP contribution in [-0.4, -0.2) is 12.5 Å². The Bertz CT molecular complexity index is 614. The maximum atomic E-state index is 12.8. The Morgan fingerprint density at radius 2 is 1.77 bits per heavy atom. The molecule has 0 spiro atoms. The molecule has 2 aromatic rings. The van der Waals surface area contributed by atoms with Crippen molar-refractivity contribution >= 4 is 17.5 Å². The molecule has 0 bridgehead atoms. The Morgan fingerprint density at radius 1 is 1.14 bits per heavy atom. The van der Waals surface area contributed by atoms with E-state index in [0.717, 1.165) is 11.1 Å². The molecule has 0 saturated heterocycles. The third-order valence-corrected chi connectivity index (χ3v) is 3.59. The minimum absolute atomic E-state index is 0.0498. The third-order valence-electron chi connectivity index (χ3n) is 3.34. The average molecular weight is 321 g/mol. The SMILES string of the molecule is C[C@@H](NCC(=O)NCc1ccc(F)cc1)c1ccc(Cl)cc1. The highest BCUT2D eigenvalue weighted by Gasteiger charge is 2.07. The first kappa shape index (κ1) is 16.5. The number of benzene rings is 2. The van der Waals surface area contributed by atoms with Crippen molar-refractivity contribution in [2.75, 3.05) is 6.54 Å². The molecule has 0 saturated carbocycles. The molecule has 1 amide bonds. The van der Waals surface area contributed by atoms with Gasteiger partial charge in [0, 0.05) is 17.6 Å². The van der Waals surface area contributed by atoms with Crippen molar-refractivity contribution in [3.8, 4) is 0 Å². The van der Waals surface area contributed by atoms with Crippen LogP contribution in [0.4, 0.5) is 4.39 Å². The molecule has 0 radical (unpaired) electrons.